The van der Waals surface area contributed by atoms with Gasteiger partial charge in [-0.3, -0.25) is 62.5 Å². The summed E-state index contributed by atoms with van der Waals surface area (Å²) < 4.78 is 0. The summed E-state index contributed by atoms with van der Waals surface area (Å²) in [6.45, 7) is 2.35. The molecule has 2 saturated heterocycles. The predicted molar refractivity (Wildman–Crippen MR) is 449 cm³/mol. The summed E-state index contributed by atoms with van der Waals surface area (Å²) >= 11 is 3.69. The Morgan fingerprint density at radius 3 is 1.87 bits per heavy atom. The van der Waals surface area contributed by atoms with Crippen molar-refractivity contribution < 1.29 is 88.2 Å². The summed E-state index contributed by atoms with van der Waals surface area (Å²) in [5.74, 6) is -6.86. The summed E-state index contributed by atoms with van der Waals surface area (Å²) in [7, 11) is -1.61. The molecule has 0 saturated carbocycles. The number of likely N-dealkylation sites (tertiary alicyclic amines) is 1. The monoisotopic (exact) mass is 1710 g/mol. The third-order valence-corrected chi connectivity index (χ3v) is 25.9. The number of unbranched alkanes of at least 4 members (excludes halogenated alkanes) is 2. The number of imidazole rings is 1. The fraction of sp³-hybridized carbons (Fsp3) is 0.610. The molecule has 0 bridgehead atoms. The van der Waals surface area contributed by atoms with Gasteiger partial charge in [-0.05, 0) is 155 Å². The topological polar surface area (TPSA) is 585 Å². The van der Waals surface area contributed by atoms with Gasteiger partial charge in [-0.2, -0.15) is 23.5 Å². The highest BCUT2D eigenvalue weighted by Gasteiger charge is 2.40. The SMILES string of the molecule is CC(C)C[C@H](NC(=O)[C@@H](CCCCNC(=O)CCCCC(CCSCCCP(CO)CO)SCCCP(CO)CO)NC(=O)[C@H](Cc1ccc(O)cc1)NC(=O)[C@H](CO)NC(=O)[C@H](Cc1c[nH]c2ccccc12)NC(=O)[C@H](Cc1cnc[nH]1)NC(=O)[C@@H]1CCC(=O)N1)C(=O)N[C@@H](CCCN=C(N)N)C(=O)N1CCC[C@H]1C(=O)NCC(N)=O. The maximum atomic E-state index is 15.2. The number of H-pyrrole nitrogens is 2. The molecule has 0 spiro atoms. The first-order valence-corrected chi connectivity index (χ1v) is 45.8. The van der Waals surface area contributed by atoms with Crippen molar-refractivity contribution in [2.45, 2.75) is 202 Å². The van der Waals surface area contributed by atoms with Crippen LogP contribution in [0, 0.1) is 5.92 Å². The van der Waals surface area contributed by atoms with Crippen LogP contribution in [0.25, 0.3) is 10.9 Å². The number of aromatic hydroxyl groups is 1. The zero-order valence-corrected chi connectivity index (χ0v) is 70.0. The van der Waals surface area contributed by atoms with Crippen molar-refractivity contribution in [3.63, 3.8) is 0 Å². The molecule has 1 unspecified atom stereocenters. The Hall–Kier alpha value is -8.74. The van der Waals surface area contributed by atoms with Gasteiger partial charge in [0.25, 0.3) is 0 Å². The van der Waals surface area contributed by atoms with E-state index in [2.05, 4.69) is 73.1 Å². The van der Waals surface area contributed by atoms with Gasteiger partial charge in [0.1, 0.15) is 60.1 Å². The zero-order valence-electron chi connectivity index (χ0n) is 66.6. The predicted octanol–water partition coefficient (Wildman–Crippen LogP) is -0.404. The Morgan fingerprint density at radius 2 is 1.23 bits per heavy atom. The number of phenolic OH excluding ortho intramolecular Hbond substituents is 1. The molecule has 648 valence electrons. The lowest BCUT2D eigenvalue weighted by Crippen LogP contribution is -2.61. The number of amides is 12. The van der Waals surface area contributed by atoms with Gasteiger partial charge >= 0.3 is 0 Å². The van der Waals surface area contributed by atoms with Crippen LogP contribution in [0.1, 0.15) is 140 Å². The van der Waals surface area contributed by atoms with Crippen LogP contribution in [0.3, 0.4) is 0 Å². The number of aromatic nitrogens is 3. The van der Waals surface area contributed by atoms with Crippen LogP contribution in [0.15, 0.2) is 72.2 Å². The third kappa shape index (κ3) is 35.0. The standard InChI is InChI=1S/C77H120N18O18P2S2/c1-48(2)35-59(70(107)89-58(17-9-28-83-77(79)80)76(113)95-29-10-18-64(95)75(112)85-41-65(78)102)90-68(105)56(16-7-8-27-82-66(103)19-6-3-13-53(117-33-12-31-115(46-99)47-100)26-34-116-32-11-30-114(44-97)45-98)88-71(108)60(36-49-20-22-52(101)23-21-49)91-74(111)63(42-96)94-72(109)61(37-50-39-84-55-15-5-4-14-54(50)55)92-73(110)62(38-51-40-81-43-86-51)93-69(106)57-24-25-67(104)87-57/h4-5,14-15,20-23,39-40,43,48,53,56-64,84,96-101H,3,6-13,16-19,24-38,41-42,44-47H2,1-2H3,(H2,78,102)(H,81,86)(H,82,103)(H,85,112)(H,87,104)(H,88,108)(H,89,107)(H,90,105)(H,91,111)(H,92,110)(H,93,106)(H,94,109)(H4,79,80,83)/t53?,56-,57+,58+,59+,60+,61+,62+,63+,64+/m1/s1. The minimum absolute atomic E-state index is 0.00573. The Kier molecular flexibility index (Phi) is 43.9. The van der Waals surface area contributed by atoms with Crippen molar-refractivity contribution >= 4 is 127 Å². The van der Waals surface area contributed by atoms with Crippen molar-refractivity contribution in [2.24, 2.45) is 28.1 Å². The van der Waals surface area contributed by atoms with Crippen LogP contribution < -0.4 is 70.4 Å². The van der Waals surface area contributed by atoms with E-state index in [0.29, 0.717) is 45.8 Å². The number of carbonyl (C=O) groups excluding carboxylic acids is 12. The smallest absolute Gasteiger partial charge is 0.245 e. The molecule has 2 aromatic carbocycles. The van der Waals surface area contributed by atoms with E-state index in [1.807, 2.05) is 23.5 Å². The number of aliphatic imine (C=N–C) groups is 1. The molecule has 10 atom stereocenters. The fourth-order valence-corrected chi connectivity index (χ4v) is 18.2. The van der Waals surface area contributed by atoms with E-state index in [1.165, 1.54) is 41.7 Å². The van der Waals surface area contributed by atoms with E-state index in [9.17, 15) is 78.6 Å². The molecule has 2 fully saturated rings. The molecule has 2 aliphatic rings. The number of nitrogens with two attached hydrogens (primary N) is 3. The number of primary amides is 1. The van der Waals surface area contributed by atoms with Gasteiger partial charge in [-0.25, -0.2) is 4.98 Å². The van der Waals surface area contributed by atoms with E-state index in [0.717, 1.165) is 61.7 Å². The number of thioether (sulfide) groups is 2. The number of rotatable bonds is 57. The maximum absolute atomic E-state index is 15.2. The molecule has 4 aromatic rings. The fourth-order valence-electron chi connectivity index (χ4n) is 13.4. The number of benzene rings is 2. The van der Waals surface area contributed by atoms with E-state index in [4.69, 9.17) is 17.2 Å². The number of nitrogens with one attached hydrogen (secondary N) is 12. The zero-order chi connectivity index (χ0) is 85.2. The van der Waals surface area contributed by atoms with Crippen LogP contribution in [0.2, 0.25) is 0 Å². The van der Waals surface area contributed by atoms with Gasteiger partial charge in [-0.15, -0.1) is 0 Å². The third-order valence-electron chi connectivity index (χ3n) is 19.8. The number of hydrogen-bond donors (Lipinski definition) is 21. The van der Waals surface area contributed by atoms with Gasteiger partial charge in [0.05, 0.1) is 44.9 Å². The van der Waals surface area contributed by atoms with Crippen molar-refractivity contribution in [2.75, 3.05) is 87.8 Å². The molecule has 2 aliphatic heterocycles. The van der Waals surface area contributed by atoms with E-state index in [-0.39, 0.29) is 158 Å². The number of aliphatic hydroxyl groups excluding tert-OH is 5. The van der Waals surface area contributed by atoms with Crippen molar-refractivity contribution in [1.82, 2.24) is 73.0 Å². The molecule has 2 aromatic heterocycles. The Labute approximate surface area is 692 Å². The number of phenols is 1. The molecular formula is C77H120N18O18P2S2. The van der Waals surface area contributed by atoms with Gasteiger partial charge < -0.3 is 116 Å². The number of nitrogens with zero attached hydrogens (tertiary/aromatic N) is 3. The Balaban J connectivity index is 1.24. The largest absolute Gasteiger partial charge is 0.508 e. The lowest BCUT2D eigenvalue weighted by Gasteiger charge is -2.30. The Bertz CT molecular complexity index is 3840. The summed E-state index contributed by atoms with van der Waals surface area (Å²) in [4.78, 5) is 183. The highest BCUT2D eigenvalue weighted by atomic mass is 32.2. The van der Waals surface area contributed by atoms with Crippen molar-refractivity contribution in [3.8, 4) is 5.75 Å². The normalized spacial score (nSPS) is 16.1. The lowest BCUT2D eigenvalue weighted by atomic mass is 10.00. The van der Waals surface area contributed by atoms with Crippen LogP contribution in [0.4, 0.5) is 0 Å². The molecule has 117 heavy (non-hydrogen) atoms. The molecule has 0 aliphatic carbocycles. The number of fused-ring (bicyclic) bond motifs is 1. The van der Waals surface area contributed by atoms with Gasteiger partial charge in [-0.1, -0.05) is 66.4 Å². The highest BCUT2D eigenvalue weighted by Crippen LogP contribution is 2.36. The van der Waals surface area contributed by atoms with Crippen molar-refractivity contribution in [1.29, 1.82) is 0 Å². The second kappa shape index (κ2) is 52.9. The molecule has 36 nitrogen and oxygen atoms in total. The molecule has 12 amide bonds. The summed E-state index contributed by atoms with van der Waals surface area (Å²) in [6.07, 6.45) is 11.8. The average molecular weight is 1710 g/mol. The number of aliphatic hydroxyl groups is 5. The molecule has 40 heteroatoms. The first-order valence-electron chi connectivity index (χ1n) is 39.8. The van der Waals surface area contributed by atoms with Gasteiger partial charge in [0, 0.05) is 86.0 Å². The van der Waals surface area contributed by atoms with E-state index >= 15 is 9.59 Å². The number of carbonyl (C=O) groups is 12. The quantitative estimate of drug-likeness (QED) is 0.0116. The number of aromatic amines is 2. The first kappa shape index (κ1) is 97.1. The maximum Gasteiger partial charge on any atom is 0.245 e. The number of hydrogen-bond acceptors (Lipinski definition) is 22. The number of guanidine groups is 1. The summed E-state index contributed by atoms with van der Waals surface area (Å²) in [6, 6.07) is 0.269. The minimum Gasteiger partial charge on any atom is -0.508 e. The van der Waals surface area contributed by atoms with Crippen LogP contribution in [-0.4, -0.2) is 275 Å². The lowest BCUT2D eigenvalue weighted by molar-refractivity contribution is -0.142. The second-order valence-corrected chi connectivity index (χ2v) is 36.8. The molecule has 0 radical (unpaired) electrons. The molecule has 6 rings (SSSR count). The minimum atomic E-state index is -1.84. The van der Waals surface area contributed by atoms with Gasteiger partial charge in [0.15, 0.2) is 5.96 Å². The van der Waals surface area contributed by atoms with Crippen LogP contribution in [-0.2, 0) is 76.8 Å². The van der Waals surface area contributed by atoms with Crippen molar-refractivity contribution in [3.05, 3.63) is 84.1 Å². The molecular weight excluding hydrogens is 1590 g/mol. The second-order valence-electron chi connectivity index (χ2n) is 29.5. The average Bonchev–Trinajstić information content (AvgIpc) is 1.73. The van der Waals surface area contributed by atoms with Crippen LogP contribution >= 0.6 is 39.4 Å². The van der Waals surface area contributed by atoms with E-state index < -0.39 is 142 Å². The van der Waals surface area contributed by atoms with E-state index in [1.54, 1.807) is 44.3 Å². The summed E-state index contributed by atoms with van der Waals surface area (Å²) in [5, 5.41) is 87.5. The number of para-hydroxylation sites is 1. The van der Waals surface area contributed by atoms with Crippen LogP contribution in [0.5, 0.6) is 5.75 Å². The first-order chi connectivity index (χ1) is 56.2. The molecule has 24 N–H and O–H groups in total. The summed E-state index contributed by atoms with van der Waals surface area (Å²) in [5.41, 5.74) is 18.6. The Morgan fingerprint density at radius 1 is 0.624 bits per heavy atom. The van der Waals surface area contributed by atoms with Gasteiger partial charge in [0.2, 0.25) is 70.9 Å². The molecule has 4 heterocycles. The highest BCUT2D eigenvalue weighted by molar-refractivity contribution is 8.00.